The van der Waals surface area contributed by atoms with Gasteiger partial charge in [0.1, 0.15) is 24.0 Å². The van der Waals surface area contributed by atoms with Crippen LogP contribution in [-0.2, 0) is 16.1 Å². The molecule has 1 aliphatic carbocycles. The van der Waals surface area contributed by atoms with Crippen LogP contribution in [-0.4, -0.2) is 61.7 Å². The predicted octanol–water partition coefficient (Wildman–Crippen LogP) is 3.47. The second kappa shape index (κ2) is 11.1. The highest BCUT2D eigenvalue weighted by molar-refractivity contribution is 5.83. The summed E-state index contributed by atoms with van der Waals surface area (Å²) < 4.78 is 21.3. The summed E-state index contributed by atoms with van der Waals surface area (Å²) in [7, 11) is 1.36. The molecular weight excluding hydrogens is 491 g/mol. The smallest absolute Gasteiger partial charge is 0.325 e. The number of hydrogen-bond donors (Lipinski definition) is 3. The Morgan fingerprint density at radius 3 is 2.71 bits per heavy atom. The summed E-state index contributed by atoms with van der Waals surface area (Å²) in [5, 5.41) is 27.1. The molecule has 0 unspecified atom stereocenters. The summed E-state index contributed by atoms with van der Waals surface area (Å²) in [5.41, 5.74) is 1.88. The molecule has 0 amide bonds. The average Bonchev–Trinajstić information content (AvgIpc) is 3.42. The molecule has 0 aliphatic heterocycles. The van der Waals surface area contributed by atoms with Gasteiger partial charge in [0.25, 0.3) is 0 Å². The number of pyridine rings is 2. The summed E-state index contributed by atoms with van der Waals surface area (Å²) in [6.45, 7) is -0.137. The van der Waals surface area contributed by atoms with Crippen LogP contribution in [0.15, 0.2) is 54.9 Å². The molecule has 1 aromatic carbocycles. The number of esters is 1. The minimum atomic E-state index is -0.490. The normalized spacial score (nSPS) is 17.4. The van der Waals surface area contributed by atoms with Crippen molar-refractivity contribution in [3.8, 4) is 5.69 Å². The van der Waals surface area contributed by atoms with Gasteiger partial charge in [0, 0.05) is 36.0 Å². The molecular formula is C27H29FN6O4. The fraction of sp³-hybridized carbons (Fsp3) is 0.333. The van der Waals surface area contributed by atoms with E-state index in [-0.39, 0.29) is 37.0 Å². The van der Waals surface area contributed by atoms with Crippen molar-refractivity contribution in [1.82, 2.24) is 19.7 Å². The molecule has 11 heteroatoms. The van der Waals surface area contributed by atoms with Crippen molar-refractivity contribution in [3.63, 3.8) is 0 Å². The number of carbonyl (C=O) groups is 1. The molecule has 1 saturated carbocycles. The topological polar surface area (TPSA) is 126 Å². The summed E-state index contributed by atoms with van der Waals surface area (Å²) >= 11 is 0. The number of rotatable bonds is 8. The van der Waals surface area contributed by atoms with Crippen LogP contribution >= 0.6 is 0 Å². The maximum absolute atomic E-state index is 14.9. The SMILES string of the molecule is COC(=O)CN(c1ccc2cnc(Nc3ccc(-n4ccc(CO)n4)cc3F)cc2n1)[C@H]1CC[C@H](O)CC1. The van der Waals surface area contributed by atoms with Gasteiger partial charge in [-0.15, -0.1) is 0 Å². The van der Waals surface area contributed by atoms with Crippen LogP contribution in [0.4, 0.5) is 21.7 Å². The van der Waals surface area contributed by atoms with Gasteiger partial charge < -0.3 is 25.2 Å². The Morgan fingerprint density at radius 2 is 2.00 bits per heavy atom. The van der Waals surface area contributed by atoms with Crippen molar-refractivity contribution in [2.24, 2.45) is 0 Å². The number of methoxy groups -OCH3 is 1. The Morgan fingerprint density at radius 1 is 1.18 bits per heavy atom. The van der Waals surface area contributed by atoms with Gasteiger partial charge in [-0.05, 0) is 56.0 Å². The van der Waals surface area contributed by atoms with Crippen LogP contribution in [0.1, 0.15) is 31.4 Å². The van der Waals surface area contributed by atoms with E-state index in [1.54, 1.807) is 36.7 Å². The van der Waals surface area contributed by atoms with Crippen molar-refractivity contribution >= 4 is 34.2 Å². The molecule has 10 nitrogen and oxygen atoms in total. The number of fused-ring (bicyclic) bond motifs is 1. The van der Waals surface area contributed by atoms with Crippen LogP contribution in [0.5, 0.6) is 0 Å². The lowest BCUT2D eigenvalue weighted by Gasteiger charge is -2.36. The molecule has 38 heavy (non-hydrogen) atoms. The molecule has 5 rings (SSSR count). The Balaban J connectivity index is 1.39. The fourth-order valence-corrected chi connectivity index (χ4v) is 4.68. The Labute approximate surface area is 218 Å². The molecule has 1 fully saturated rings. The second-order valence-corrected chi connectivity index (χ2v) is 9.30. The monoisotopic (exact) mass is 520 g/mol. The molecule has 4 aromatic rings. The van der Waals surface area contributed by atoms with Gasteiger partial charge in [-0.2, -0.15) is 5.10 Å². The summed E-state index contributed by atoms with van der Waals surface area (Å²) in [4.78, 5) is 23.3. The standard InChI is InChI=1S/C27H29FN6O4/c1-38-27(37)15-33(19-3-6-21(36)7-4-19)26-9-2-17-14-29-25(13-24(17)31-26)30-23-8-5-20(12-22(23)28)34-11-10-18(16-35)32-34/h2,5,8-14,19,21,35-36H,3-4,6-7,15-16H2,1H3,(H,29,30)/t19-,21-. The predicted molar refractivity (Wildman–Crippen MR) is 140 cm³/mol. The van der Waals surface area contributed by atoms with Crippen LogP contribution in [0, 0.1) is 5.82 Å². The number of nitrogens with zero attached hydrogens (tertiary/aromatic N) is 5. The van der Waals surface area contributed by atoms with E-state index in [0.717, 1.165) is 18.2 Å². The summed E-state index contributed by atoms with van der Waals surface area (Å²) in [6, 6.07) is 11.8. The van der Waals surface area contributed by atoms with E-state index in [1.807, 2.05) is 17.0 Å². The van der Waals surface area contributed by atoms with E-state index < -0.39 is 5.82 Å². The van der Waals surface area contributed by atoms with E-state index in [4.69, 9.17) is 9.72 Å². The first-order chi connectivity index (χ1) is 18.4. The molecule has 0 spiro atoms. The number of carbonyl (C=O) groups excluding carboxylic acids is 1. The van der Waals surface area contributed by atoms with Crippen LogP contribution < -0.4 is 10.2 Å². The third-order valence-corrected chi connectivity index (χ3v) is 6.77. The molecule has 3 N–H and O–H groups in total. The summed E-state index contributed by atoms with van der Waals surface area (Å²) in [6.07, 6.45) is 5.82. The highest BCUT2D eigenvalue weighted by atomic mass is 19.1. The molecule has 3 heterocycles. The number of aromatic nitrogens is 4. The third kappa shape index (κ3) is 5.58. The molecule has 0 bridgehead atoms. The van der Waals surface area contributed by atoms with Gasteiger partial charge in [0.05, 0.1) is 42.4 Å². The number of halogens is 1. The number of benzene rings is 1. The van der Waals surface area contributed by atoms with E-state index >= 15 is 0 Å². The van der Waals surface area contributed by atoms with Crippen molar-refractivity contribution < 1.29 is 24.1 Å². The third-order valence-electron chi connectivity index (χ3n) is 6.77. The van der Waals surface area contributed by atoms with Crippen LogP contribution in [0.3, 0.4) is 0 Å². The van der Waals surface area contributed by atoms with Crippen molar-refractivity contribution in [3.05, 3.63) is 66.4 Å². The number of ether oxygens (including phenoxy) is 1. The first-order valence-electron chi connectivity index (χ1n) is 12.4. The van der Waals surface area contributed by atoms with E-state index in [2.05, 4.69) is 15.4 Å². The lowest BCUT2D eigenvalue weighted by Crippen LogP contribution is -2.43. The zero-order valence-corrected chi connectivity index (χ0v) is 20.9. The zero-order chi connectivity index (χ0) is 26.6. The van der Waals surface area contributed by atoms with Crippen molar-refractivity contribution in [2.75, 3.05) is 23.9 Å². The van der Waals surface area contributed by atoms with Crippen molar-refractivity contribution in [1.29, 1.82) is 0 Å². The number of aliphatic hydroxyl groups is 2. The largest absolute Gasteiger partial charge is 0.468 e. The van der Waals surface area contributed by atoms with Gasteiger partial charge in [-0.1, -0.05) is 0 Å². The zero-order valence-electron chi connectivity index (χ0n) is 20.9. The summed E-state index contributed by atoms with van der Waals surface area (Å²) in [5.74, 6) is 0.182. The molecule has 3 aromatic heterocycles. The van der Waals surface area contributed by atoms with E-state index in [0.29, 0.717) is 41.4 Å². The van der Waals surface area contributed by atoms with Gasteiger partial charge in [-0.3, -0.25) is 4.79 Å². The highest BCUT2D eigenvalue weighted by Crippen LogP contribution is 2.29. The molecule has 1 aliphatic rings. The van der Waals surface area contributed by atoms with Gasteiger partial charge in [-0.25, -0.2) is 19.0 Å². The minimum Gasteiger partial charge on any atom is -0.468 e. The maximum atomic E-state index is 14.9. The van der Waals surface area contributed by atoms with E-state index in [9.17, 15) is 19.4 Å². The van der Waals surface area contributed by atoms with Gasteiger partial charge in [0.15, 0.2) is 0 Å². The number of hydrogen-bond acceptors (Lipinski definition) is 9. The highest BCUT2D eigenvalue weighted by Gasteiger charge is 2.27. The van der Waals surface area contributed by atoms with Gasteiger partial charge >= 0.3 is 5.97 Å². The first kappa shape index (κ1) is 25.6. The Bertz CT molecular complexity index is 1440. The number of anilines is 3. The lowest BCUT2D eigenvalue weighted by atomic mass is 9.92. The van der Waals surface area contributed by atoms with E-state index in [1.165, 1.54) is 17.9 Å². The van der Waals surface area contributed by atoms with Crippen molar-refractivity contribution in [2.45, 2.75) is 44.4 Å². The first-order valence-corrected chi connectivity index (χ1v) is 12.4. The molecule has 0 atom stereocenters. The second-order valence-electron chi connectivity index (χ2n) is 9.30. The van der Waals surface area contributed by atoms with Gasteiger partial charge in [0.2, 0.25) is 0 Å². The minimum absolute atomic E-state index is 0.0535. The Kier molecular flexibility index (Phi) is 7.47. The van der Waals surface area contributed by atoms with Crippen LogP contribution in [0.2, 0.25) is 0 Å². The number of aliphatic hydroxyl groups excluding tert-OH is 2. The quantitative estimate of drug-likeness (QED) is 0.299. The lowest BCUT2D eigenvalue weighted by molar-refractivity contribution is -0.139. The maximum Gasteiger partial charge on any atom is 0.325 e. The fourth-order valence-electron chi connectivity index (χ4n) is 4.68. The molecule has 198 valence electrons. The molecule has 0 saturated heterocycles. The average molecular weight is 521 g/mol. The Hall–Kier alpha value is -4.09. The molecule has 0 radical (unpaired) electrons. The van der Waals surface area contributed by atoms with Crippen LogP contribution in [0.25, 0.3) is 16.6 Å². The number of nitrogens with one attached hydrogen (secondary N) is 1.